The van der Waals surface area contributed by atoms with Crippen molar-refractivity contribution < 1.29 is 9.53 Å². The average Bonchev–Trinajstić information content (AvgIpc) is 2.25. The maximum absolute atomic E-state index is 10.1. The minimum atomic E-state index is -0.359. The molecule has 0 saturated heterocycles. The molecule has 0 bridgehead atoms. The average molecular weight is 198 g/mol. The van der Waals surface area contributed by atoms with Gasteiger partial charge in [0, 0.05) is 6.08 Å². The standard InChI is InChI=1S/C5H8O2.C3H6.2C2H4/c1-3-5(6)7-4-2;1-3-2;2*1-2/h3H,1,4H2,2H3;3H,1H2,2H3;2*1-2H2. The van der Waals surface area contributed by atoms with Gasteiger partial charge in [0.25, 0.3) is 0 Å². The van der Waals surface area contributed by atoms with E-state index in [-0.39, 0.29) is 5.97 Å². The van der Waals surface area contributed by atoms with Gasteiger partial charge in [-0.25, -0.2) is 4.79 Å². The summed E-state index contributed by atoms with van der Waals surface area (Å²) >= 11 is 0. The summed E-state index contributed by atoms with van der Waals surface area (Å²) in [6.07, 6.45) is 2.89. The molecule has 0 aromatic carbocycles. The van der Waals surface area contributed by atoms with Crippen LogP contribution in [0.15, 0.2) is 51.6 Å². The van der Waals surface area contributed by atoms with E-state index in [0.29, 0.717) is 6.61 Å². The van der Waals surface area contributed by atoms with Crippen LogP contribution in [-0.4, -0.2) is 12.6 Å². The molecule has 82 valence electrons. The fraction of sp³-hybridized carbons (Fsp3) is 0.250. The molecule has 0 heterocycles. The highest BCUT2D eigenvalue weighted by atomic mass is 16.5. The summed E-state index contributed by atoms with van der Waals surface area (Å²) in [5, 5.41) is 0. The molecule has 0 atom stereocenters. The molecule has 0 spiro atoms. The van der Waals surface area contributed by atoms with E-state index >= 15 is 0 Å². The molecule has 0 amide bonds. The summed E-state index contributed by atoms with van der Waals surface area (Å²) in [4.78, 5) is 10.1. The van der Waals surface area contributed by atoms with Crippen molar-refractivity contribution in [2.45, 2.75) is 13.8 Å². The fourth-order valence-electron chi connectivity index (χ4n) is 0.201. The van der Waals surface area contributed by atoms with Crippen molar-refractivity contribution in [1.82, 2.24) is 0 Å². The zero-order chi connectivity index (χ0) is 12.4. The van der Waals surface area contributed by atoms with Gasteiger partial charge in [0.1, 0.15) is 0 Å². The number of esters is 1. The minimum absolute atomic E-state index is 0.359. The molecule has 2 heteroatoms. The van der Waals surface area contributed by atoms with Gasteiger partial charge in [0.05, 0.1) is 6.61 Å². The molecule has 0 radical (unpaired) electrons. The maximum Gasteiger partial charge on any atom is 0.330 e. The van der Waals surface area contributed by atoms with E-state index in [1.165, 1.54) is 0 Å². The quantitative estimate of drug-likeness (QED) is 0.385. The van der Waals surface area contributed by atoms with Crippen LogP contribution in [0.5, 0.6) is 0 Å². The summed E-state index contributed by atoms with van der Waals surface area (Å²) in [7, 11) is 0. The van der Waals surface area contributed by atoms with Gasteiger partial charge in [-0.1, -0.05) is 12.7 Å². The Morgan fingerprint density at radius 3 is 1.57 bits per heavy atom. The molecular weight excluding hydrogens is 176 g/mol. The topological polar surface area (TPSA) is 26.3 Å². The van der Waals surface area contributed by atoms with Gasteiger partial charge in [-0.2, -0.15) is 0 Å². The van der Waals surface area contributed by atoms with E-state index in [9.17, 15) is 4.79 Å². The highest BCUT2D eigenvalue weighted by molar-refractivity contribution is 5.81. The molecule has 0 aliphatic carbocycles. The molecule has 0 saturated carbocycles. The van der Waals surface area contributed by atoms with Crippen molar-refractivity contribution in [3.8, 4) is 0 Å². The van der Waals surface area contributed by atoms with E-state index in [2.05, 4.69) is 44.2 Å². The summed E-state index contributed by atoms with van der Waals surface area (Å²) in [6.45, 7) is 22.6. The first-order valence-corrected chi connectivity index (χ1v) is 4.09. The molecule has 14 heavy (non-hydrogen) atoms. The molecule has 0 aliphatic heterocycles. The summed E-state index contributed by atoms with van der Waals surface area (Å²) in [6, 6.07) is 0. The number of hydrogen-bond acceptors (Lipinski definition) is 2. The van der Waals surface area contributed by atoms with Crippen LogP contribution in [0, 0.1) is 0 Å². The minimum Gasteiger partial charge on any atom is -0.463 e. The van der Waals surface area contributed by atoms with Crippen LogP contribution in [0.3, 0.4) is 0 Å². The van der Waals surface area contributed by atoms with Gasteiger partial charge in [0.15, 0.2) is 0 Å². The first-order chi connectivity index (χ1) is 6.72. The van der Waals surface area contributed by atoms with Crippen LogP contribution in [0.25, 0.3) is 0 Å². The first-order valence-electron chi connectivity index (χ1n) is 4.09. The number of allylic oxidation sites excluding steroid dienone is 1. The van der Waals surface area contributed by atoms with E-state index in [1.54, 1.807) is 13.0 Å². The second kappa shape index (κ2) is 42.2. The third-order valence-corrected chi connectivity index (χ3v) is 0.453. The predicted molar refractivity (Wildman–Crippen MR) is 65.2 cm³/mol. The molecule has 0 aromatic heterocycles. The van der Waals surface area contributed by atoms with Crippen LogP contribution in [0.2, 0.25) is 0 Å². The lowest BCUT2D eigenvalue weighted by Crippen LogP contribution is -1.97. The van der Waals surface area contributed by atoms with Gasteiger partial charge < -0.3 is 4.74 Å². The highest BCUT2D eigenvalue weighted by Crippen LogP contribution is 1.74. The zero-order valence-corrected chi connectivity index (χ0v) is 9.42. The van der Waals surface area contributed by atoms with Gasteiger partial charge in [-0.15, -0.1) is 32.9 Å². The van der Waals surface area contributed by atoms with Crippen molar-refractivity contribution in [2.75, 3.05) is 6.61 Å². The number of rotatable bonds is 2. The zero-order valence-electron chi connectivity index (χ0n) is 9.42. The van der Waals surface area contributed by atoms with Crippen LogP contribution < -0.4 is 0 Å². The SMILES string of the molecule is C=C.C=C.C=CC.C=CC(=O)OCC. The second-order valence-corrected chi connectivity index (χ2v) is 1.36. The van der Waals surface area contributed by atoms with Crippen LogP contribution >= 0.6 is 0 Å². The number of hydrogen-bond donors (Lipinski definition) is 0. The van der Waals surface area contributed by atoms with Gasteiger partial charge in [-0.3, -0.25) is 0 Å². The Labute approximate surface area is 88.3 Å². The Morgan fingerprint density at radius 1 is 1.21 bits per heavy atom. The molecule has 0 aliphatic rings. The predicted octanol–water partition coefficient (Wildman–Crippen LogP) is 3.53. The van der Waals surface area contributed by atoms with Crippen molar-refractivity contribution >= 4 is 5.97 Å². The number of carbonyl (C=O) groups is 1. The molecular formula is C12H22O2. The number of carbonyl (C=O) groups excluding carboxylic acids is 1. The Balaban J connectivity index is -0.0000000603. The van der Waals surface area contributed by atoms with Crippen molar-refractivity contribution in [3.63, 3.8) is 0 Å². The van der Waals surface area contributed by atoms with E-state index in [0.717, 1.165) is 6.08 Å². The number of ether oxygens (including phenoxy) is 1. The lowest BCUT2D eigenvalue weighted by atomic mass is 10.6. The molecule has 0 N–H and O–H groups in total. The van der Waals surface area contributed by atoms with Gasteiger partial charge in [0.2, 0.25) is 0 Å². The van der Waals surface area contributed by atoms with Crippen LogP contribution in [0.4, 0.5) is 0 Å². The third kappa shape index (κ3) is 78.8. The van der Waals surface area contributed by atoms with Gasteiger partial charge >= 0.3 is 5.97 Å². The van der Waals surface area contributed by atoms with E-state index < -0.39 is 0 Å². The second-order valence-electron chi connectivity index (χ2n) is 1.36. The Morgan fingerprint density at radius 2 is 1.50 bits per heavy atom. The Hall–Kier alpha value is -1.57. The summed E-state index contributed by atoms with van der Waals surface area (Å²) < 4.78 is 4.43. The summed E-state index contributed by atoms with van der Waals surface area (Å²) in [5.74, 6) is -0.359. The molecule has 0 aromatic rings. The normalized spacial score (nSPS) is 5.29. The Bertz CT molecular complexity index is 126. The maximum atomic E-state index is 10.1. The molecule has 2 nitrogen and oxygen atoms in total. The van der Waals surface area contributed by atoms with Crippen molar-refractivity contribution in [1.29, 1.82) is 0 Å². The van der Waals surface area contributed by atoms with Crippen molar-refractivity contribution in [2.24, 2.45) is 0 Å². The smallest absolute Gasteiger partial charge is 0.330 e. The molecule has 0 rings (SSSR count). The van der Waals surface area contributed by atoms with Gasteiger partial charge in [-0.05, 0) is 13.8 Å². The molecule has 0 fully saturated rings. The lowest BCUT2D eigenvalue weighted by molar-refractivity contribution is -0.137. The molecule has 0 unspecified atom stereocenters. The first kappa shape index (κ1) is 22.9. The largest absolute Gasteiger partial charge is 0.463 e. The third-order valence-electron chi connectivity index (χ3n) is 0.453. The van der Waals surface area contributed by atoms with Crippen molar-refractivity contribution in [3.05, 3.63) is 51.6 Å². The lowest BCUT2D eigenvalue weighted by Gasteiger charge is -1.90. The fourth-order valence-corrected chi connectivity index (χ4v) is 0.201. The Kier molecular flexibility index (Phi) is 68.8. The highest BCUT2D eigenvalue weighted by Gasteiger charge is 1.86. The van der Waals surface area contributed by atoms with Crippen LogP contribution in [0.1, 0.15) is 13.8 Å². The van der Waals surface area contributed by atoms with E-state index in [1.807, 2.05) is 6.92 Å². The summed E-state index contributed by atoms with van der Waals surface area (Å²) in [5.41, 5.74) is 0. The monoisotopic (exact) mass is 198 g/mol. The van der Waals surface area contributed by atoms with E-state index in [4.69, 9.17) is 0 Å². The van der Waals surface area contributed by atoms with Crippen LogP contribution in [-0.2, 0) is 9.53 Å².